The van der Waals surface area contributed by atoms with E-state index in [0.29, 0.717) is 19.6 Å². The van der Waals surface area contributed by atoms with Crippen LogP contribution in [0, 0.1) is 5.82 Å². The van der Waals surface area contributed by atoms with E-state index in [0.717, 1.165) is 33.9 Å². The lowest BCUT2D eigenvalue weighted by Crippen LogP contribution is -2.39. The minimum atomic E-state index is -0.269. The Morgan fingerprint density at radius 3 is 2.81 bits per heavy atom. The summed E-state index contributed by atoms with van der Waals surface area (Å²) in [6, 6.07) is 11.2. The van der Waals surface area contributed by atoms with Gasteiger partial charge in [0, 0.05) is 37.2 Å². The fourth-order valence-corrected chi connectivity index (χ4v) is 3.34. The van der Waals surface area contributed by atoms with Crippen molar-refractivity contribution in [1.29, 1.82) is 0 Å². The highest BCUT2D eigenvalue weighted by atomic mass is 79.9. The molecule has 2 aromatic rings. The van der Waals surface area contributed by atoms with Gasteiger partial charge in [-0.2, -0.15) is 0 Å². The van der Waals surface area contributed by atoms with Crippen molar-refractivity contribution in [3.63, 3.8) is 0 Å². The Bertz CT molecular complexity index is 812. The van der Waals surface area contributed by atoms with Gasteiger partial charge >= 0.3 is 0 Å². The average Bonchev–Trinajstić information content (AvgIpc) is 2.66. The summed E-state index contributed by atoms with van der Waals surface area (Å²) in [6.07, 6.45) is 0.630. The molecular weight excluding hydrogens is 413 g/mol. The third-order valence-corrected chi connectivity index (χ3v) is 4.86. The molecule has 0 saturated heterocycles. The number of nitrogens with zero attached hydrogens (tertiary/aromatic N) is 2. The van der Waals surface area contributed by atoms with Gasteiger partial charge in [0.15, 0.2) is 12.8 Å². The van der Waals surface area contributed by atoms with Crippen LogP contribution in [-0.4, -0.2) is 38.3 Å². The molecular formula is C20H23BrFN3O2. The standard InChI is InChI=1S/C20H23BrFN3O2/c1-23-20(25(2)11-14-3-5-17(21)6-4-14)24-8-7-15-9-18(22)10-16-12-26-13-27-19(15)16/h3-6,9-10H,7-8,11-13H2,1-2H3,(H,23,24). The first kappa shape index (κ1) is 19.6. The molecule has 0 atom stereocenters. The van der Waals surface area contributed by atoms with E-state index < -0.39 is 0 Å². The second-order valence-electron chi connectivity index (χ2n) is 6.37. The summed E-state index contributed by atoms with van der Waals surface area (Å²) in [7, 11) is 3.74. The molecule has 0 aromatic heterocycles. The Balaban J connectivity index is 1.58. The Labute approximate surface area is 167 Å². The van der Waals surface area contributed by atoms with Crippen molar-refractivity contribution in [3.05, 3.63) is 63.4 Å². The predicted molar refractivity (Wildman–Crippen MR) is 107 cm³/mol. The van der Waals surface area contributed by atoms with Crippen LogP contribution in [0.1, 0.15) is 16.7 Å². The molecule has 3 rings (SSSR count). The number of ether oxygens (including phenoxy) is 2. The summed E-state index contributed by atoms with van der Waals surface area (Å²) in [6.45, 7) is 1.95. The quantitative estimate of drug-likeness (QED) is 0.574. The predicted octanol–water partition coefficient (Wildman–Crippen LogP) is 3.70. The number of guanidine groups is 1. The van der Waals surface area contributed by atoms with Crippen molar-refractivity contribution in [2.45, 2.75) is 19.6 Å². The van der Waals surface area contributed by atoms with Gasteiger partial charge in [0.1, 0.15) is 11.6 Å². The van der Waals surface area contributed by atoms with Crippen molar-refractivity contribution in [2.75, 3.05) is 27.4 Å². The molecule has 1 N–H and O–H groups in total. The molecule has 1 aliphatic heterocycles. The summed E-state index contributed by atoms with van der Waals surface area (Å²) in [4.78, 5) is 6.39. The first-order valence-electron chi connectivity index (χ1n) is 8.75. The molecule has 144 valence electrons. The molecule has 0 spiro atoms. The Morgan fingerprint density at radius 1 is 1.30 bits per heavy atom. The highest BCUT2D eigenvalue weighted by molar-refractivity contribution is 9.10. The summed E-state index contributed by atoms with van der Waals surface area (Å²) in [5.74, 6) is 1.25. The van der Waals surface area contributed by atoms with Gasteiger partial charge in [-0.3, -0.25) is 4.99 Å². The van der Waals surface area contributed by atoms with Gasteiger partial charge in [-0.1, -0.05) is 28.1 Å². The summed E-state index contributed by atoms with van der Waals surface area (Å²) < 4.78 is 25.7. The minimum Gasteiger partial charge on any atom is -0.467 e. The Kier molecular flexibility index (Phi) is 6.68. The maximum Gasteiger partial charge on any atom is 0.193 e. The lowest BCUT2D eigenvalue weighted by molar-refractivity contribution is -0.0172. The van der Waals surface area contributed by atoms with Gasteiger partial charge in [-0.25, -0.2) is 4.39 Å². The number of benzene rings is 2. The van der Waals surface area contributed by atoms with Gasteiger partial charge in [-0.05, 0) is 41.8 Å². The van der Waals surface area contributed by atoms with Crippen LogP contribution in [0.25, 0.3) is 0 Å². The topological polar surface area (TPSA) is 46.1 Å². The molecule has 27 heavy (non-hydrogen) atoms. The van der Waals surface area contributed by atoms with E-state index in [9.17, 15) is 4.39 Å². The monoisotopic (exact) mass is 435 g/mol. The summed E-state index contributed by atoms with van der Waals surface area (Å²) >= 11 is 3.45. The molecule has 0 aliphatic carbocycles. The average molecular weight is 436 g/mol. The molecule has 1 heterocycles. The summed E-state index contributed by atoms with van der Waals surface area (Å²) in [5, 5.41) is 3.33. The van der Waals surface area contributed by atoms with Crippen LogP contribution in [0.4, 0.5) is 4.39 Å². The van der Waals surface area contributed by atoms with E-state index in [1.807, 2.05) is 19.2 Å². The lowest BCUT2D eigenvalue weighted by Gasteiger charge is -2.23. The molecule has 7 heteroatoms. The molecule has 1 aliphatic rings. The summed E-state index contributed by atoms with van der Waals surface area (Å²) in [5.41, 5.74) is 2.79. The molecule has 5 nitrogen and oxygen atoms in total. The normalized spacial score (nSPS) is 13.7. The van der Waals surface area contributed by atoms with Crippen LogP contribution in [-0.2, 0) is 24.3 Å². The van der Waals surface area contributed by atoms with E-state index in [2.05, 4.69) is 43.3 Å². The SMILES string of the molecule is CN=C(NCCc1cc(F)cc2c1OCOC2)N(C)Cc1ccc(Br)cc1. The smallest absolute Gasteiger partial charge is 0.193 e. The van der Waals surface area contributed by atoms with Gasteiger partial charge in [0.25, 0.3) is 0 Å². The first-order valence-corrected chi connectivity index (χ1v) is 9.54. The zero-order chi connectivity index (χ0) is 19.2. The van der Waals surface area contributed by atoms with Crippen LogP contribution >= 0.6 is 15.9 Å². The van der Waals surface area contributed by atoms with E-state index in [1.54, 1.807) is 7.05 Å². The van der Waals surface area contributed by atoms with Crippen LogP contribution < -0.4 is 10.1 Å². The zero-order valence-electron chi connectivity index (χ0n) is 15.5. The number of hydrogen-bond acceptors (Lipinski definition) is 3. The second kappa shape index (κ2) is 9.19. The van der Waals surface area contributed by atoms with Gasteiger partial charge in [0.2, 0.25) is 0 Å². The number of halogens is 2. The molecule has 2 aromatic carbocycles. The van der Waals surface area contributed by atoms with Crippen LogP contribution in [0.15, 0.2) is 45.9 Å². The van der Waals surface area contributed by atoms with Crippen LogP contribution in [0.5, 0.6) is 5.75 Å². The van der Waals surface area contributed by atoms with E-state index in [4.69, 9.17) is 9.47 Å². The zero-order valence-corrected chi connectivity index (χ0v) is 17.1. The third-order valence-electron chi connectivity index (χ3n) is 4.34. The van der Waals surface area contributed by atoms with Crippen LogP contribution in [0.3, 0.4) is 0 Å². The first-order chi connectivity index (χ1) is 13.1. The number of rotatable bonds is 5. The van der Waals surface area contributed by atoms with E-state index >= 15 is 0 Å². The number of fused-ring (bicyclic) bond motifs is 1. The molecule has 0 fully saturated rings. The van der Waals surface area contributed by atoms with Crippen molar-refractivity contribution < 1.29 is 13.9 Å². The number of hydrogen-bond donors (Lipinski definition) is 1. The van der Waals surface area contributed by atoms with E-state index in [1.165, 1.54) is 17.7 Å². The van der Waals surface area contributed by atoms with Crippen molar-refractivity contribution >= 4 is 21.9 Å². The molecule has 0 saturated carbocycles. The number of nitrogens with one attached hydrogen (secondary N) is 1. The highest BCUT2D eigenvalue weighted by Gasteiger charge is 2.17. The lowest BCUT2D eigenvalue weighted by atomic mass is 10.1. The van der Waals surface area contributed by atoms with Crippen molar-refractivity contribution in [1.82, 2.24) is 10.2 Å². The fraction of sp³-hybridized carbons (Fsp3) is 0.350. The van der Waals surface area contributed by atoms with Crippen LogP contribution in [0.2, 0.25) is 0 Å². The second-order valence-corrected chi connectivity index (χ2v) is 7.29. The highest BCUT2D eigenvalue weighted by Crippen LogP contribution is 2.29. The Hall–Kier alpha value is -2.12. The largest absolute Gasteiger partial charge is 0.467 e. The number of aliphatic imine (C=N–C) groups is 1. The molecule has 0 unspecified atom stereocenters. The molecule has 0 amide bonds. The maximum absolute atomic E-state index is 13.8. The van der Waals surface area contributed by atoms with Gasteiger partial charge in [0.05, 0.1) is 6.61 Å². The Morgan fingerprint density at radius 2 is 2.07 bits per heavy atom. The van der Waals surface area contributed by atoms with Gasteiger partial charge < -0.3 is 19.7 Å². The van der Waals surface area contributed by atoms with Gasteiger partial charge in [-0.15, -0.1) is 0 Å². The van der Waals surface area contributed by atoms with Crippen molar-refractivity contribution in [3.8, 4) is 5.75 Å². The molecule has 0 bridgehead atoms. The third kappa shape index (κ3) is 5.20. The molecule has 0 radical (unpaired) electrons. The van der Waals surface area contributed by atoms with E-state index in [-0.39, 0.29) is 12.6 Å². The van der Waals surface area contributed by atoms with Crippen molar-refractivity contribution in [2.24, 2.45) is 4.99 Å². The minimum absolute atomic E-state index is 0.205. The fourth-order valence-electron chi connectivity index (χ4n) is 3.07. The maximum atomic E-state index is 13.8.